The molecule has 84 valence electrons. The summed E-state index contributed by atoms with van der Waals surface area (Å²) in [5, 5.41) is 17.6. The Kier molecular flexibility index (Phi) is 6.10. The molecular formula is C10H21NO3. The van der Waals surface area contributed by atoms with E-state index in [0.29, 0.717) is 19.2 Å². The fraction of sp³-hybridized carbons (Fsp3) is 1.00. The number of ether oxygens (including phenoxy) is 1. The highest BCUT2D eigenvalue weighted by molar-refractivity contribution is 4.67. The second-order valence-corrected chi connectivity index (χ2v) is 3.71. The van der Waals surface area contributed by atoms with Gasteiger partial charge >= 0.3 is 0 Å². The van der Waals surface area contributed by atoms with Gasteiger partial charge in [0.05, 0.1) is 19.3 Å². The molecule has 0 amide bonds. The molecule has 0 aliphatic carbocycles. The lowest BCUT2D eigenvalue weighted by Crippen LogP contribution is -2.32. The molecule has 0 radical (unpaired) electrons. The molecule has 1 aliphatic rings. The van der Waals surface area contributed by atoms with E-state index >= 15 is 0 Å². The Labute approximate surface area is 85.5 Å². The zero-order chi connectivity index (χ0) is 10.2. The number of aliphatic hydroxyl groups is 2. The SMILES string of the molecule is OCCN(CCO)CCC1CCCO1. The van der Waals surface area contributed by atoms with Gasteiger partial charge in [0.15, 0.2) is 0 Å². The number of rotatable bonds is 7. The highest BCUT2D eigenvalue weighted by atomic mass is 16.5. The van der Waals surface area contributed by atoms with Crippen molar-refractivity contribution in [3.8, 4) is 0 Å². The number of aliphatic hydroxyl groups excluding tert-OH is 2. The van der Waals surface area contributed by atoms with Crippen molar-refractivity contribution in [2.45, 2.75) is 25.4 Å². The first-order valence-corrected chi connectivity index (χ1v) is 5.42. The normalized spacial score (nSPS) is 22.1. The predicted molar refractivity (Wildman–Crippen MR) is 54.2 cm³/mol. The van der Waals surface area contributed by atoms with Crippen LogP contribution in [0, 0.1) is 0 Å². The summed E-state index contributed by atoms with van der Waals surface area (Å²) in [5.74, 6) is 0. The number of nitrogens with zero attached hydrogens (tertiary/aromatic N) is 1. The zero-order valence-electron chi connectivity index (χ0n) is 8.69. The molecule has 2 N–H and O–H groups in total. The fourth-order valence-corrected chi connectivity index (χ4v) is 1.82. The molecule has 0 aromatic rings. The summed E-state index contributed by atoms with van der Waals surface area (Å²) in [6.07, 6.45) is 3.74. The van der Waals surface area contributed by atoms with Crippen LogP contribution in [0.15, 0.2) is 0 Å². The summed E-state index contributed by atoms with van der Waals surface area (Å²) >= 11 is 0. The molecule has 1 atom stereocenters. The van der Waals surface area contributed by atoms with Gasteiger partial charge < -0.3 is 14.9 Å². The van der Waals surface area contributed by atoms with Gasteiger partial charge in [-0.15, -0.1) is 0 Å². The number of hydrogen-bond donors (Lipinski definition) is 2. The van der Waals surface area contributed by atoms with Gasteiger partial charge in [0.1, 0.15) is 0 Å². The molecule has 0 bridgehead atoms. The van der Waals surface area contributed by atoms with Gasteiger partial charge in [-0.25, -0.2) is 0 Å². The third-order valence-corrected chi connectivity index (χ3v) is 2.62. The summed E-state index contributed by atoms with van der Waals surface area (Å²) in [5.41, 5.74) is 0. The molecule has 1 aliphatic heterocycles. The third kappa shape index (κ3) is 4.37. The maximum atomic E-state index is 8.80. The van der Waals surface area contributed by atoms with Crippen LogP contribution >= 0.6 is 0 Å². The smallest absolute Gasteiger partial charge is 0.0588 e. The topological polar surface area (TPSA) is 52.9 Å². The molecule has 1 fully saturated rings. The average Bonchev–Trinajstić information content (AvgIpc) is 2.67. The Hall–Kier alpha value is -0.160. The van der Waals surface area contributed by atoms with Gasteiger partial charge in [-0.05, 0) is 19.3 Å². The Morgan fingerprint density at radius 1 is 1.14 bits per heavy atom. The van der Waals surface area contributed by atoms with Gasteiger partial charge in [0, 0.05) is 26.2 Å². The molecule has 0 saturated carbocycles. The minimum atomic E-state index is 0.158. The predicted octanol–water partition coefficient (Wildman–Crippen LogP) is -0.158. The maximum Gasteiger partial charge on any atom is 0.0588 e. The van der Waals surface area contributed by atoms with Crippen molar-refractivity contribution < 1.29 is 14.9 Å². The lowest BCUT2D eigenvalue weighted by atomic mass is 10.2. The van der Waals surface area contributed by atoms with E-state index in [9.17, 15) is 0 Å². The molecule has 1 heterocycles. The van der Waals surface area contributed by atoms with Crippen LogP contribution in [0.25, 0.3) is 0 Å². The van der Waals surface area contributed by atoms with E-state index in [2.05, 4.69) is 4.90 Å². The Morgan fingerprint density at radius 3 is 2.36 bits per heavy atom. The first-order chi connectivity index (χ1) is 6.86. The van der Waals surface area contributed by atoms with Gasteiger partial charge in [-0.2, -0.15) is 0 Å². The van der Waals surface area contributed by atoms with Gasteiger partial charge in [0.25, 0.3) is 0 Å². The van der Waals surface area contributed by atoms with Crippen molar-refractivity contribution in [3.05, 3.63) is 0 Å². The van der Waals surface area contributed by atoms with E-state index in [0.717, 1.165) is 26.0 Å². The second-order valence-electron chi connectivity index (χ2n) is 3.71. The summed E-state index contributed by atoms with van der Waals surface area (Å²) in [4.78, 5) is 2.07. The molecular weight excluding hydrogens is 182 g/mol. The van der Waals surface area contributed by atoms with Crippen molar-refractivity contribution in [2.24, 2.45) is 0 Å². The van der Waals surface area contributed by atoms with Gasteiger partial charge in [0.2, 0.25) is 0 Å². The van der Waals surface area contributed by atoms with Crippen molar-refractivity contribution in [1.82, 2.24) is 4.90 Å². The van der Waals surface area contributed by atoms with Crippen LogP contribution in [-0.4, -0.2) is 60.7 Å². The molecule has 4 nitrogen and oxygen atoms in total. The molecule has 4 heteroatoms. The van der Waals surface area contributed by atoms with Crippen LogP contribution in [0.3, 0.4) is 0 Å². The highest BCUT2D eigenvalue weighted by Crippen LogP contribution is 2.15. The number of hydrogen-bond acceptors (Lipinski definition) is 4. The van der Waals surface area contributed by atoms with Crippen molar-refractivity contribution >= 4 is 0 Å². The minimum Gasteiger partial charge on any atom is -0.395 e. The van der Waals surface area contributed by atoms with Crippen LogP contribution in [0.1, 0.15) is 19.3 Å². The van der Waals surface area contributed by atoms with Crippen molar-refractivity contribution in [3.63, 3.8) is 0 Å². The standard InChI is InChI=1S/C10H21NO3/c12-7-5-11(6-8-13)4-3-10-2-1-9-14-10/h10,12-13H,1-9H2. The largest absolute Gasteiger partial charge is 0.395 e. The van der Waals surface area contributed by atoms with Crippen LogP contribution in [0.5, 0.6) is 0 Å². The van der Waals surface area contributed by atoms with E-state index in [4.69, 9.17) is 14.9 Å². The highest BCUT2D eigenvalue weighted by Gasteiger charge is 2.16. The molecule has 1 rings (SSSR count). The molecule has 14 heavy (non-hydrogen) atoms. The molecule has 0 aromatic heterocycles. The zero-order valence-corrected chi connectivity index (χ0v) is 8.69. The molecule has 1 saturated heterocycles. The lowest BCUT2D eigenvalue weighted by molar-refractivity contribution is 0.0842. The second kappa shape index (κ2) is 7.17. The van der Waals surface area contributed by atoms with E-state index in [1.807, 2.05) is 0 Å². The van der Waals surface area contributed by atoms with E-state index < -0.39 is 0 Å². The third-order valence-electron chi connectivity index (χ3n) is 2.62. The van der Waals surface area contributed by atoms with Crippen molar-refractivity contribution in [2.75, 3.05) is 39.5 Å². The lowest BCUT2D eigenvalue weighted by Gasteiger charge is -2.21. The monoisotopic (exact) mass is 203 g/mol. The average molecular weight is 203 g/mol. The Bertz CT molecular complexity index is 131. The summed E-state index contributed by atoms with van der Waals surface area (Å²) < 4.78 is 5.51. The first kappa shape index (κ1) is 11.9. The Balaban J connectivity index is 2.10. The quantitative estimate of drug-likeness (QED) is 0.604. The van der Waals surface area contributed by atoms with Crippen molar-refractivity contribution in [1.29, 1.82) is 0 Å². The van der Waals surface area contributed by atoms with E-state index in [1.54, 1.807) is 0 Å². The van der Waals surface area contributed by atoms with Gasteiger partial charge in [-0.1, -0.05) is 0 Å². The van der Waals surface area contributed by atoms with Crippen LogP contribution in [0.4, 0.5) is 0 Å². The molecule has 1 unspecified atom stereocenters. The summed E-state index contributed by atoms with van der Waals surface area (Å²) in [6.45, 7) is 3.41. The van der Waals surface area contributed by atoms with Crippen LogP contribution in [0.2, 0.25) is 0 Å². The van der Waals surface area contributed by atoms with E-state index in [1.165, 1.54) is 6.42 Å². The molecule has 0 aromatic carbocycles. The molecule has 0 spiro atoms. The Morgan fingerprint density at radius 2 is 1.86 bits per heavy atom. The first-order valence-electron chi connectivity index (χ1n) is 5.42. The van der Waals surface area contributed by atoms with E-state index in [-0.39, 0.29) is 13.2 Å². The maximum absolute atomic E-state index is 8.80. The van der Waals surface area contributed by atoms with Crippen LogP contribution < -0.4 is 0 Å². The minimum absolute atomic E-state index is 0.158. The van der Waals surface area contributed by atoms with Gasteiger partial charge in [-0.3, -0.25) is 4.90 Å². The summed E-state index contributed by atoms with van der Waals surface area (Å²) in [6, 6.07) is 0. The summed E-state index contributed by atoms with van der Waals surface area (Å²) in [7, 11) is 0. The van der Waals surface area contributed by atoms with Crippen LogP contribution in [-0.2, 0) is 4.74 Å². The fourth-order valence-electron chi connectivity index (χ4n) is 1.82.